The Hall–Kier alpha value is -1.56. The third kappa shape index (κ3) is 3.46. The third-order valence-corrected chi connectivity index (χ3v) is 4.25. The Kier molecular flexibility index (Phi) is 4.72. The molecule has 0 radical (unpaired) electrons. The first-order valence-electron chi connectivity index (χ1n) is 5.76. The van der Waals surface area contributed by atoms with E-state index in [0.717, 1.165) is 0 Å². The zero-order chi connectivity index (χ0) is 13.8. The van der Waals surface area contributed by atoms with Gasteiger partial charge in [0, 0.05) is 18.8 Å². The van der Waals surface area contributed by atoms with Gasteiger partial charge in [0.15, 0.2) is 9.84 Å². The number of nitrogen functional groups attached to an aromatic ring is 1. The molecule has 0 aromatic heterocycles. The number of anilines is 1. The normalized spacial score (nSPS) is 11.2. The standard InChI is InChI=1S/C12H18N2O3S/c1-3-14(4-2)12(15)9-18(16,17)11-7-5-6-10(13)8-11/h5-8H,3-4,9,13H2,1-2H3. The van der Waals surface area contributed by atoms with E-state index in [1.807, 2.05) is 13.8 Å². The fraction of sp³-hybridized carbons (Fsp3) is 0.417. The van der Waals surface area contributed by atoms with Gasteiger partial charge in [-0.05, 0) is 32.0 Å². The zero-order valence-electron chi connectivity index (χ0n) is 10.6. The molecule has 100 valence electrons. The Labute approximate surface area is 108 Å². The number of carbonyl (C=O) groups is 1. The summed E-state index contributed by atoms with van der Waals surface area (Å²) >= 11 is 0. The molecule has 0 fully saturated rings. The van der Waals surface area contributed by atoms with Gasteiger partial charge in [-0.25, -0.2) is 8.42 Å². The van der Waals surface area contributed by atoms with E-state index in [2.05, 4.69) is 0 Å². The van der Waals surface area contributed by atoms with Crippen molar-refractivity contribution in [2.24, 2.45) is 0 Å². The van der Waals surface area contributed by atoms with E-state index < -0.39 is 15.6 Å². The topological polar surface area (TPSA) is 80.5 Å². The second-order valence-electron chi connectivity index (χ2n) is 3.90. The number of sulfone groups is 1. The molecule has 1 aromatic carbocycles. The molecule has 0 spiro atoms. The van der Waals surface area contributed by atoms with Gasteiger partial charge in [0.1, 0.15) is 5.75 Å². The van der Waals surface area contributed by atoms with E-state index in [1.165, 1.54) is 17.0 Å². The van der Waals surface area contributed by atoms with E-state index in [-0.39, 0.29) is 10.8 Å². The van der Waals surface area contributed by atoms with Crippen molar-refractivity contribution >= 4 is 21.4 Å². The molecular formula is C12H18N2O3S. The summed E-state index contributed by atoms with van der Waals surface area (Å²) in [6.45, 7) is 4.63. The molecule has 18 heavy (non-hydrogen) atoms. The molecule has 0 atom stereocenters. The van der Waals surface area contributed by atoms with Crippen molar-refractivity contribution in [3.8, 4) is 0 Å². The maximum atomic E-state index is 12.0. The predicted molar refractivity (Wildman–Crippen MR) is 70.8 cm³/mol. The smallest absolute Gasteiger partial charge is 0.238 e. The molecule has 0 saturated carbocycles. The lowest BCUT2D eigenvalue weighted by Crippen LogP contribution is -2.35. The monoisotopic (exact) mass is 270 g/mol. The van der Waals surface area contributed by atoms with Gasteiger partial charge in [-0.3, -0.25) is 4.79 Å². The average Bonchev–Trinajstić information content (AvgIpc) is 2.30. The van der Waals surface area contributed by atoms with E-state index in [4.69, 9.17) is 5.73 Å². The van der Waals surface area contributed by atoms with Crippen LogP contribution < -0.4 is 5.73 Å². The highest BCUT2D eigenvalue weighted by atomic mass is 32.2. The lowest BCUT2D eigenvalue weighted by atomic mass is 10.3. The van der Waals surface area contributed by atoms with Crippen LogP contribution in [0, 0.1) is 0 Å². The maximum absolute atomic E-state index is 12.0. The van der Waals surface area contributed by atoms with Gasteiger partial charge in [0.25, 0.3) is 0 Å². The van der Waals surface area contributed by atoms with Gasteiger partial charge in [-0.1, -0.05) is 6.07 Å². The molecule has 5 nitrogen and oxygen atoms in total. The number of benzene rings is 1. The Morgan fingerprint density at radius 1 is 1.28 bits per heavy atom. The summed E-state index contributed by atoms with van der Waals surface area (Å²) in [4.78, 5) is 13.4. The maximum Gasteiger partial charge on any atom is 0.238 e. The first-order chi connectivity index (χ1) is 8.40. The number of hydrogen-bond acceptors (Lipinski definition) is 4. The Balaban J connectivity index is 2.92. The first kappa shape index (κ1) is 14.5. The van der Waals surface area contributed by atoms with Crippen molar-refractivity contribution < 1.29 is 13.2 Å². The van der Waals surface area contributed by atoms with Crippen LogP contribution in [-0.2, 0) is 14.6 Å². The van der Waals surface area contributed by atoms with Crippen molar-refractivity contribution in [1.82, 2.24) is 4.90 Å². The van der Waals surface area contributed by atoms with E-state index in [9.17, 15) is 13.2 Å². The SMILES string of the molecule is CCN(CC)C(=O)CS(=O)(=O)c1cccc(N)c1. The van der Waals surface area contributed by atoms with Gasteiger partial charge >= 0.3 is 0 Å². The minimum Gasteiger partial charge on any atom is -0.399 e. The lowest BCUT2D eigenvalue weighted by Gasteiger charge is -2.18. The Bertz CT molecular complexity index is 522. The van der Waals surface area contributed by atoms with Gasteiger partial charge in [-0.2, -0.15) is 0 Å². The minimum absolute atomic E-state index is 0.0861. The van der Waals surface area contributed by atoms with Crippen molar-refractivity contribution in [2.75, 3.05) is 24.6 Å². The largest absolute Gasteiger partial charge is 0.399 e. The molecule has 0 heterocycles. The van der Waals surface area contributed by atoms with Gasteiger partial charge < -0.3 is 10.6 Å². The van der Waals surface area contributed by atoms with Crippen molar-refractivity contribution in [2.45, 2.75) is 18.7 Å². The average molecular weight is 270 g/mol. The van der Waals surface area contributed by atoms with Gasteiger partial charge in [-0.15, -0.1) is 0 Å². The van der Waals surface area contributed by atoms with Gasteiger partial charge in [0.05, 0.1) is 4.90 Å². The molecular weight excluding hydrogens is 252 g/mol. The second-order valence-corrected chi connectivity index (χ2v) is 5.89. The highest BCUT2D eigenvalue weighted by molar-refractivity contribution is 7.92. The Morgan fingerprint density at radius 2 is 1.89 bits per heavy atom. The number of nitrogens with zero attached hydrogens (tertiary/aromatic N) is 1. The van der Waals surface area contributed by atoms with Crippen LogP contribution in [-0.4, -0.2) is 38.1 Å². The van der Waals surface area contributed by atoms with Crippen molar-refractivity contribution in [3.05, 3.63) is 24.3 Å². The van der Waals surface area contributed by atoms with Crippen molar-refractivity contribution in [1.29, 1.82) is 0 Å². The molecule has 1 rings (SSSR count). The lowest BCUT2D eigenvalue weighted by molar-refractivity contribution is -0.128. The van der Waals surface area contributed by atoms with Gasteiger partial charge in [0.2, 0.25) is 5.91 Å². The van der Waals surface area contributed by atoms with Crippen LogP contribution in [0.3, 0.4) is 0 Å². The third-order valence-electron chi connectivity index (χ3n) is 2.65. The Morgan fingerprint density at radius 3 is 2.39 bits per heavy atom. The predicted octanol–water partition coefficient (Wildman–Crippen LogP) is 0.911. The van der Waals surface area contributed by atoms with E-state index >= 15 is 0 Å². The fourth-order valence-electron chi connectivity index (χ4n) is 1.62. The summed E-state index contributed by atoms with van der Waals surface area (Å²) in [6, 6.07) is 5.97. The minimum atomic E-state index is -3.62. The molecule has 0 aliphatic rings. The molecule has 0 aliphatic carbocycles. The van der Waals surface area contributed by atoms with Crippen LogP contribution in [0.1, 0.15) is 13.8 Å². The summed E-state index contributed by atoms with van der Waals surface area (Å²) in [5, 5.41) is 0. The highest BCUT2D eigenvalue weighted by Crippen LogP contribution is 2.15. The molecule has 1 aromatic rings. The molecule has 0 bridgehead atoms. The molecule has 0 aliphatic heterocycles. The first-order valence-corrected chi connectivity index (χ1v) is 7.42. The van der Waals surface area contributed by atoms with Crippen LogP contribution in [0.15, 0.2) is 29.2 Å². The number of nitrogens with two attached hydrogens (primary N) is 1. The van der Waals surface area contributed by atoms with Crippen LogP contribution in [0.4, 0.5) is 5.69 Å². The quantitative estimate of drug-likeness (QED) is 0.806. The van der Waals surface area contributed by atoms with Crippen LogP contribution in [0.5, 0.6) is 0 Å². The van der Waals surface area contributed by atoms with E-state index in [1.54, 1.807) is 12.1 Å². The number of amides is 1. The number of carbonyl (C=O) groups excluding carboxylic acids is 1. The summed E-state index contributed by atoms with van der Waals surface area (Å²) in [5.41, 5.74) is 5.91. The van der Waals surface area contributed by atoms with E-state index in [0.29, 0.717) is 18.8 Å². The summed E-state index contributed by atoms with van der Waals surface area (Å²) in [7, 11) is -3.62. The molecule has 0 unspecified atom stereocenters. The second kappa shape index (κ2) is 5.86. The number of hydrogen-bond donors (Lipinski definition) is 1. The molecule has 0 saturated heterocycles. The highest BCUT2D eigenvalue weighted by Gasteiger charge is 2.22. The van der Waals surface area contributed by atoms with Crippen LogP contribution >= 0.6 is 0 Å². The molecule has 2 N–H and O–H groups in total. The van der Waals surface area contributed by atoms with Crippen molar-refractivity contribution in [3.63, 3.8) is 0 Å². The summed E-state index contributed by atoms with van der Waals surface area (Å²) < 4.78 is 24.1. The van der Waals surface area contributed by atoms with Crippen LogP contribution in [0.2, 0.25) is 0 Å². The summed E-state index contributed by atoms with van der Waals surface area (Å²) in [6.07, 6.45) is 0. The molecule has 6 heteroatoms. The summed E-state index contributed by atoms with van der Waals surface area (Å²) in [5.74, 6) is -0.902. The van der Waals surface area contributed by atoms with Crippen LogP contribution in [0.25, 0.3) is 0 Å². The zero-order valence-corrected chi connectivity index (χ0v) is 11.4. The molecule has 1 amide bonds. The number of rotatable bonds is 5. The fourth-order valence-corrected chi connectivity index (χ4v) is 2.90.